The summed E-state index contributed by atoms with van der Waals surface area (Å²) < 4.78 is 21.1. The molecule has 0 heterocycles. The zero-order valence-corrected chi connectivity index (χ0v) is 15.8. The minimum atomic E-state index is -0.205. The van der Waals surface area contributed by atoms with E-state index in [1.165, 1.54) is 0 Å². The van der Waals surface area contributed by atoms with Gasteiger partial charge in [0.2, 0.25) is 0 Å². The Morgan fingerprint density at radius 1 is 0.885 bits per heavy atom. The first-order valence-electron chi connectivity index (χ1n) is 8.61. The minimum absolute atomic E-state index is 0.0169. The van der Waals surface area contributed by atoms with Gasteiger partial charge in [-0.2, -0.15) is 0 Å². The van der Waals surface area contributed by atoms with Crippen LogP contribution in [0.3, 0.4) is 0 Å². The maximum atomic E-state index is 12.1. The van der Waals surface area contributed by atoms with E-state index in [0.29, 0.717) is 19.4 Å². The lowest BCUT2D eigenvalue weighted by molar-refractivity contribution is -0.143. The van der Waals surface area contributed by atoms with Gasteiger partial charge in [-0.1, -0.05) is 12.1 Å². The average Bonchev–Trinajstić information content (AvgIpc) is 2.67. The SMILES string of the molecule is CCOC(=O)CC(Cc1cc(OC)cc(OC)c1)c1ccc(OC)cc1. The van der Waals surface area contributed by atoms with Gasteiger partial charge in [0.15, 0.2) is 0 Å². The van der Waals surface area contributed by atoms with E-state index in [-0.39, 0.29) is 11.9 Å². The Kier molecular flexibility index (Phi) is 7.33. The van der Waals surface area contributed by atoms with Gasteiger partial charge in [0.05, 0.1) is 34.4 Å². The van der Waals surface area contributed by atoms with Crippen LogP contribution in [0.25, 0.3) is 0 Å². The number of rotatable bonds is 9. The van der Waals surface area contributed by atoms with E-state index in [4.69, 9.17) is 18.9 Å². The van der Waals surface area contributed by atoms with Crippen molar-refractivity contribution in [3.8, 4) is 17.2 Å². The highest BCUT2D eigenvalue weighted by Crippen LogP contribution is 2.30. The molecular formula is C21H26O5. The van der Waals surface area contributed by atoms with Crippen molar-refractivity contribution in [1.29, 1.82) is 0 Å². The molecule has 0 spiro atoms. The molecule has 0 amide bonds. The molecule has 0 aliphatic heterocycles. The molecule has 1 unspecified atom stereocenters. The second-order valence-electron chi connectivity index (χ2n) is 5.90. The van der Waals surface area contributed by atoms with Crippen LogP contribution in [0.4, 0.5) is 0 Å². The summed E-state index contributed by atoms with van der Waals surface area (Å²) >= 11 is 0. The standard InChI is InChI=1S/C21H26O5/c1-5-26-21(22)13-17(16-6-8-18(23-2)9-7-16)10-15-11-19(24-3)14-20(12-15)25-4/h6-9,11-12,14,17H,5,10,13H2,1-4H3. The quantitative estimate of drug-likeness (QED) is 0.635. The molecule has 1 atom stereocenters. The second kappa shape index (κ2) is 9.70. The summed E-state index contributed by atoms with van der Waals surface area (Å²) in [5, 5.41) is 0. The smallest absolute Gasteiger partial charge is 0.306 e. The van der Waals surface area contributed by atoms with Crippen LogP contribution < -0.4 is 14.2 Å². The first-order valence-corrected chi connectivity index (χ1v) is 8.61. The highest BCUT2D eigenvalue weighted by Gasteiger charge is 2.19. The topological polar surface area (TPSA) is 54.0 Å². The van der Waals surface area contributed by atoms with E-state index >= 15 is 0 Å². The van der Waals surface area contributed by atoms with Gasteiger partial charge in [0.25, 0.3) is 0 Å². The minimum Gasteiger partial charge on any atom is -0.497 e. The summed E-state index contributed by atoms with van der Waals surface area (Å²) in [4.78, 5) is 12.1. The Morgan fingerprint density at radius 2 is 1.46 bits per heavy atom. The summed E-state index contributed by atoms with van der Waals surface area (Å²) in [6.07, 6.45) is 0.971. The molecule has 0 aliphatic rings. The first-order chi connectivity index (χ1) is 12.6. The molecule has 26 heavy (non-hydrogen) atoms. The number of benzene rings is 2. The van der Waals surface area contributed by atoms with E-state index in [0.717, 1.165) is 28.4 Å². The summed E-state index contributed by atoms with van der Waals surface area (Å²) in [5.41, 5.74) is 2.09. The molecule has 0 radical (unpaired) electrons. The Labute approximate surface area is 154 Å². The summed E-state index contributed by atoms with van der Waals surface area (Å²) in [5.74, 6) is 2.01. The molecule has 0 saturated carbocycles. The Bertz CT molecular complexity index is 687. The monoisotopic (exact) mass is 358 g/mol. The van der Waals surface area contributed by atoms with Crippen molar-refractivity contribution in [2.75, 3.05) is 27.9 Å². The van der Waals surface area contributed by atoms with Gasteiger partial charge in [-0.05, 0) is 54.7 Å². The largest absolute Gasteiger partial charge is 0.497 e. The third-order valence-electron chi connectivity index (χ3n) is 4.20. The number of carbonyl (C=O) groups excluding carboxylic acids is 1. The summed E-state index contributed by atoms with van der Waals surface area (Å²) in [6, 6.07) is 13.5. The van der Waals surface area contributed by atoms with Gasteiger partial charge < -0.3 is 18.9 Å². The lowest BCUT2D eigenvalue weighted by atomic mass is 9.89. The fourth-order valence-corrected chi connectivity index (χ4v) is 2.87. The number of methoxy groups -OCH3 is 3. The number of esters is 1. The Morgan fingerprint density at radius 3 is 1.96 bits per heavy atom. The number of hydrogen-bond acceptors (Lipinski definition) is 5. The fourth-order valence-electron chi connectivity index (χ4n) is 2.87. The van der Waals surface area contributed by atoms with Crippen LogP contribution in [-0.2, 0) is 16.0 Å². The van der Waals surface area contributed by atoms with E-state index in [9.17, 15) is 4.79 Å². The van der Waals surface area contributed by atoms with Crippen LogP contribution in [0.1, 0.15) is 30.4 Å². The predicted octanol–water partition coefficient (Wildman–Crippen LogP) is 3.99. The zero-order valence-electron chi connectivity index (χ0n) is 15.8. The third kappa shape index (κ3) is 5.41. The molecule has 5 nitrogen and oxygen atoms in total. The highest BCUT2D eigenvalue weighted by atomic mass is 16.5. The zero-order chi connectivity index (χ0) is 18.9. The molecule has 5 heteroatoms. The highest BCUT2D eigenvalue weighted by molar-refractivity contribution is 5.70. The molecule has 2 aromatic carbocycles. The van der Waals surface area contributed by atoms with Crippen molar-refractivity contribution in [2.24, 2.45) is 0 Å². The van der Waals surface area contributed by atoms with Crippen molar-refractivity contribution in [3.05, 3.63) is 53.6 Å². The Balaban J connectivity index is 2.29. The van der Waals surface area contributed by atoms with Crippen LogP contribution in [0.15, 0.2) is 42.5 Å². The number of hydrogen-bond donors (Lipinski definition) is 0. The van der Waals surface area contributed by atoms with Crippen LogP contribution in [0.2, 0.25) is 0 Å². The lowest BCUT2D eigenvalue weighted by Crippen LogP contribution is -2.13. The molecule has 140 valence electrons. The van der Waals surface area contributed by atoms with Crippen molar-refractivity contribution < 1.29 is 23.7 Å². The summed E-state index contributed by atoms with van der Waals surface area (Å²) in [7, 11) is 4.88. The molecule has 2 aromatic rings. The fraction of sp³-hybridized carbons (Fsp3) is 0.381. The van der Waals surface area contributed by atoms with E-state index in [1.807, 2.05) is 49.4 Å². The van der Waals surface area contributed by atoms with Crippen LogP contribution in [0.5, 0.6) is 17.2 Å². The molecule has 0 saturated heterocycles. The van der Waals surface area contributed by atoms with Gasteiger partial charge in [0.1, 0.15) is 17.2 Å². The van der Waals surface area contributed by atoms with E-state index < -0.39 is 0 Å². The van der Waals surface area contributed by atoms with Crippen molar-refractivity contribution in [3.63, 3.8) is 0 Å². The molecule has 0 aromatic heterocycles. The number of carbonyl (C=O) groups is 1. The van der Waals surface area contributed by atoms with E-state index in [2.05, 4.69) is 0 Å². The molecular weight excluding hydrogens is 332 g/mol. The number of ether oxygens (including phenoxy) is 4. The van der Waals surface area contributed by atoms with Crippen LogP contribution in [-0.4, -0.2) is 33.9 Å². The maximum absolute atomic E-state index is 12.1. The maximum Gasteiger partial charge on any atom is 0.306 e. The van der Waals surface area contributed by atoms with Gasteiger partial charge in [-0.3, -0.25) is 4.79 Å². The molecule has 0 aliphatic carbocycles. The van der Waals surface area contributed by atoms with Gasteiger partial charge in [0, 0.05) is 6.07 Å². The normalized spacial score (nSPS) is 11.5. The third-order valence-corrected chi connectivity index (χ3v) is 4.20. The predicted molar refractivity (Wildman–Crippen MR) is 100 cm³/mol. The van der Waals surface area contributed by atoms with Crippen molar-refractivity contribution >= 4 is 5.97 Å². The molecule has 2 rings (SSSR count). The second-order valence-corrected chi connectivity index (χ2v) is 5.90. The van der Waals surface area contributed by atoms with Crippen LogP contribution >= 0.6 is 0 Å². The Hall–Kier alpha value is -2.69. The van der Waals surface area contributed by atoms with Crippen LogP contribution in [0, 0.1) is 0 Å². The van der Waals surface area contributed by atoms with Crippen molar-refractivity contribution in [1.82, 2.24) is 0 Å². The lowest BCUT2D eigenvalue weighted by Gasteiger charge is -2.18. The molecule has 0 fully saturated rings. The van der Waals surface area contributed by atoms with E-state index in [1.54, 1.807) is 21.3 Å². The summed E-state index contributed by atoms with van der Waals surface area (Å²) in [6.45, 7) is 2.19. The van der Waals surface area contributed by atoms with Gasteiger partial charge in [-0.15, -0.1) is 0 Å². The van der Waals surface area contributed by atoms with Crippen molar-refractivity contribution in [2.45, 2.75) is 25.7 Å². The molecule has 0 N–H and O–H groups in total. The molecule has 0 bridgehead atoms. The van der Waals surface area contributed by atoms with Gasteiger partial charge >= 0.3 is 5.97 Å². The average molecular weight is 358 g/mol. The first kappa shape index (κ1) is 19.6. The van der Waals surface area contributed by atoms with Gasteiger partial charge in [-0.25, -0.2) is 0 Å².